The average Bonchev–Trinajstić information content (AvgIpc) is 2.30. The van der Waals surface area contributed by atoms with Gasteiger partial charge in [-0.3, -0.25) is 0 Å². The van der Waals surface area contributed by atoms with Crippen LogP contribution in [0.4, 0.5) is 0 Å². The minimum Gasteiger partial charge on any atom is -0.385 e. The van der Waals surface area contributed by atoms with Gasteiger partial charge in [-0.1, -0.05) is 6.92 Å². The van der Waals surface area contributed by atoms with Gasteiger partial charge in [-0.25, -0.2) is 0 Å². The smallest absolute Gasteiger partial charge is 0.0474 e. The predicted octanol–water partition coefficient (Wildman–Crippen LogP) is 1.73. The van der Waals surface area contributed by atoms with Crippen molar-refractivity contribution < 1.29 is 4.74 Å². The number of rotatable bonds is 8. The lowest BCUT2D eigenvalue weighted by Gasteiger charge is -2.32. The Bertz CT molecular complexity index is 148. The molecule has 0 radical (unpaired) electrons. The Kier molecular flexibility index (Phi) is 7.81. The van der Waals surface area contributed by atoms with E-state index in [-0.39, 0.29) is 0 Å². The Morgan fingerprint density at radius 1 is 1.44 bits per heavy atom. The molecule has 1 aliphatic rings. The zero-order chi connectivity index (χ0) is 11.6. The monoisotopic (exact) mass is 228 g/mol. The van der Waals surface area contributed by atoms with E-state index in [4.69, 9.17) is 4.74 Å². The molecule has 1 atom stereocenters. The summed E-state index contributed by atoms with van der Waals surface area (Å²) < 4.78 is 5.10. The number of nitrogens with zero attached hydrogens (tertiary/aromatic N) is 1. The molecule has 1 rings (SSSR count). The molecule has 1 fully saturated rings. The van der Waals surface area contributed by atoms with E-state index in [0.29, 0.717) is 0 Å². The van der Waals surface area contributed by atoms with E-state index in [9.17, 15) is 0 Å². The third-order valence-electron chi connectivity index (χ3n) is 3.29. The van der Waals surface area contributed by atoms with Gasteiger partial charge >= 0.3 is 0 Å². The van der Waals surface area contributed by atoms with Crippen LogP contribution in [0.2, 0.25) is 0 Å². The van der Waals surface area contributed by atoms with Gasteiger partial charge in [0.1, 0.15) is 0 Å². The second kappa shape index (κ2) is 8.97. The molecule has 0 amide bonds. The summed E-state index contributed by atoms with van der Waals surface area (Å²) in [6.07, 6.45) is 5.18. The Balaban J connectivity index is 2.09. The minimum atomic E-state index is 0.864. The van der Waals surface area contributed by atoms with Crippen molar-refractivity contribution in [3.8, 4) is 0 Å². The number of ether oxygens (including phenoxy) is 1. The maximum absolute atomic E-state index is 5.10. The first-order valence-electron chi connectivity index (χ1n) is 6.78. The molecule has 0 aromatic rings. The van der Waals surface area contributed by atoms with Gasteiger partial charge < -0.3 is 15.0 Å². The molecule has 1 saturated heterocycles. The van der Waals surface area contributed by atoms with Crippen molar-refractivity contribution >= 4 is 0 Å². The SMILES string of the molecule is CCCNCC1CCCN(CCCOC)C1. The first kappa shape index (κ1) is 13.9. The maximum atomic E-state index is 5.10. The van der Waals surface area contributed by atoms with Crippen molar-refractivity contribution in [2.75, 3.05) is 46.4 Å². The highest BCUT2D eigenvalue weighted by atomic mass is 16.5. The summed E-state index contributed by atoms with van der Waals surface area (Å²) in [4.78, 5) is 2.60. The van der Waals surface area contributed by atoms with Crippen LogP contribution in [-0.2, 0) is 4.74 Å². The van der Waals surface area contributed by atoms with Crippen molar-refractivity contribution in [1.82, 2.24) is 10.2 Å². The number of methoxy groups -OCH3 is 1. The first-order valence-corrected chi connectivity index (χ1v) is 6.78. The lowest BCUT2D eigenvalue weighted by Crippen LogP contribution is -2.40. The summed E-state index contributed by atoms with van der Waals surface area (Å²) in [5.41, 5.74) is 0. The zero-order valence-corrected chi connectivity index (χ0v) is 11.0. The third-order valence-corrected chi connectivity index (χ3v) is 3.29. The van der Waals surface area contributed by atoms with E-state index in [1.807, 2.05) is 0 Å². The minimum absolute atomic E-state index is 0.864. The molecule has 0 aromatic carbocycles. The summed E-state index contributed by atoms with van der Waals surface area (Å²) in [6, 6.07) is 0. The Hall–Kier alpha value is -0.120. The fourth-order valence-electron chi connectivity index (χ4n) is 2.44. The summed E-state index contributed by atoms with van der Waals surface area (Å²) in [5.74, 6) is 0.864. The number of likely N-dealkylation sites (tertiary alicyclic amines) is 1. The van der Waals surface area contributed by atoms with Gasteiger partial charge in [0.2, 0.25) is 0 Å². The number of piperidine rings is 1. The standard InChI is InChI=1S/C13H28N2O/c1-3-7-14-11-13-6-4-8-15(12-13)9-5-10-16-2/h13-14H,3-12H2,1-2H3. The van der Waals surface area contributed by atoms with E-state index in [0.717, 1.165) is 12.5 Å². The normalized spacial score (nSPS) is 22.5. The maximum Gasteiger partial charge on any atom is 0.0474 e. The van der Waals surface area contributed by atoms with Gasteiger partial charge in [-0.15, -0.1) is 0 Å². The van der Waals surface area contributed by atoms with Crippen LogP contribution in [0.15, 0.2) is 0 Å². The molecule has 1 unspecified atom stereocenters. The Labute approximate surface area is 101 Å². The van der Waals surface area contributed by atoms with Crippen molar-refractivity contribution in [3.05, 3.63) is 0 Å². The molecule has 0 saturated carbocycles. The number of hydrogen-bond donors (Lipinski definition) is 1. The van der Waals surface area contributed by atoms with Crippen LogP contribution in [0.25, 0.3) is 0 Å². The van der Waals surface area contributed by atoms with Gasteiger partial charge in [0.25, 0.3) is 0 Å². The van der Waals surface area contributed by atoms with Crippen LogP contribution in [-0.4, -0.2) is 51.3 Å². The van der Waals surface area contributed by atoms with Gasteiger partial charge in [0, 0.05) is 26.8 Å². The quantitative estimate of drug-likeness (QED) is 0.640. The lowest BCUT2D eigenvalue weighted by atomic mass is 9.98. The first-order chi connectivity index (χ1) is 7.86. The molecule has 1 heterocycles. The Morgan fingerprint density at radius 3 is 3.06 bits per heavy atom. The summed E-state index contributed by atoms with van der Waals surface area (Å²) in [7, 11) is 1.79. The molecule has 0 spiro atoms. The third kappa shape index (κ3) is 5.83. The molecular weight excluding hydrogens is 200 g/mol. The van der Waals surface area contributed by atoms with Gasteiger partial charge in [-0.05, 0) is 51.2 Å². The van der Waals surface area contributed by atoms with E-state index in [1.54, 1.807) is 7.11 Å². The molecule has 0 aliphatic carbocycles. The van der Waals surface area contributed by atoms with E-state index in [1.165, 1.54) is 58.4 Å². The van der Waals surface area contributed by atoms with E-state index in [2.05, 4.69) is 17.1 Å². The summed E-state index contributed by atoms with van der Waals surface area (Å²) in [6.45, 7) is 9.27. The molecule has 3 heteroatoms. The second-order valence-electron chi connectivity index (χ2n) is 4.86. The van der Waals surface area contributed by atoms with Crippen LogP contribution >= 0.6 is 0 Å². The number of hydrogen-bond acceptors (Lipinski definition) is 3. The molecular formula is C13H28N2O. The lowest BCUT2D eigenvalue weighted by molar-refractivity contribution is 0.140. The Morgan fingerprint density at radius 2 is 2.31 bits per heavy atom. The molecule has 96 valence electrons. The largest absolute Gasteiger partial charge is 0.385 e. The van der Waals surface area contributed by atoms with Gasteiger partial charge in [-0.2, -0.15) is 0 Å². The van der Waals surface area contributed by atoms with Crippen molar-refractivity contribution in [1.29, 1.82) is 0 Å². The molecule has 1 aliphatic heterocycles. The fourth-order valence-corrected chi connectivity index (χ4v) is 2.44. The topological polar surface area (TPSA) is 24.5 Å². The van der Waals surface area contributed by atoms with Crippen LogP contribution in [0.1, 0.15) is 32.6 Å². The molecule has 16 heavy (non-hydrogen) atoms. The van der Waals surface area contributed by atoms with Crippen LogP contribution in [0.5, 0.6) is 0 Å². The predicted molar refractivity (Wildman–Crippen MR) is 68.8 cm³/mol. The summed E-state index contributed by atoms with van der Waals surface area (Å²) >= 11 is 0. The molecule has 0 bridgehead atoms. The van der Waals surface area contributed by atoms with Crippen molar-refractivity contribution in [2.45, 2.75) is 32.6 Å². The summed E-state index contributed by atoms with van der Waals surface area (Å²) in [5, 5.41) is 3.54. The zero-order valence-electron chi connectivity index (χ0n) is 11.0. The average molecular weight is 228 g/mol. The number of nitrogens with one attached hydrogen (secondary N) is 1. The van der Waals surface area contributed by atoms with Crippen LogP contribution < -0.4 is 5.32 Å². The molecule has 1 N–H and O–H groups in total. The molecule has 3 nitrogen and oxygen atoms in total. The van der Waals surface area contributed by atoms with Gasteiger partial charge in [0.05, 0.1) is 0 Å². The highest BCUT2D eigenvalue weighted by Crippen LogP contribution is 2.15. The van der Waals surface area contributed by atoms with E-state index >= 15 is 0 Å². The second-order valence-corrected chi connectivity index (χ2v) is 4.86. The fraction of sp³-hybridized carbons (Fsp3) is 1.00. The molecule has 0 aromatic heterocycles. The van der Waals surface area contributed by atoms with Crippen LogP contribution in [0, 0.1) is 5.92 Å². The van der Waals surface area contributed by atoms with Gasteiger partial charge in [0.15, 0.2) is 0 Å². The highest BCUT2D eigenvalue weighted by Gasteiger charge is 2.18. The highest BCUT2D eigenvalue weighted by molar-refractivity contribution is 4.74. The van der Waals surface area contributed by atoms with E-state index < -0.39 is 0 Å². The van der Waals surface area contributed by atoms with Crippen molar-refractivity contribution in [2.24, 2.45) is 5.92 Å². The van der Waals surface area contributed by atoms with Crippen LogP contribution in [0.3, 0.4) is 0 Å². The van der Waals surface area contributed by atoms with Crippen molar-refractivity contribution in [3.63, 3.8) is 0 Å².